The van der Waals surface area contributed by atoms with E-state index in [9.17, 15) is 4.79 Å². The Balaban J connectivity index is 2.09. The van der Waals surface area contributed by atoms with Gasteiger partial charge in [-0.2, -0.15) is 5.10 Å². The molecule has 5 heteroatoms. The summed E-state index contributed by atoms with van der Waals surface area (Å²) in [4.78, 5) is 16.1. The van der Waals surface area contributed by atoms with Gasteiger partial charge in [0.05, 0.1) is 12.1 Å². The standard InChI is InChI=1S/C14H18N4O/c1-9-5-6-15-13(7-9)16-14(19)8-12-10(2)17-18(4)11(12)3/h5-7H,8H2,1-4H3,(H,15,16,19). The van der Waals surface area contributed by atoms with Crippen LogP contribution in [0.2, 0.25) is 0 Å². The molecule has 0 aliphatic carbocycles. The summed E-state index contributed by atoms with van der Waals surface area (Å²) in [7, 11) is 1.88. The highest BCUT2D eigenvalue weighted by atomic mass is 16.1. The molecule has 0 aliphatic rings. The number of carbonyl (C=O) groups excluding carboxylic acids is 1. The highest BCUT2D eigenvalue weighted by Gasteiger charge is 2.13. The lowest BCUT2D eigenvalue weighted by molar-refractivity contribution is -0.115. The van der Waals surface area contributed by atoms with Gasteiger partial charge >= 0.3 is 0 Å². The van der Waals surface area contributed by atoms with E-state index in [4.69, 9.17) is 0 Å². The Labute approximate surface area is 112 Å². The Hall–Kier alpha value is -2.17. The zero-order chi connectivity index (χ0) is 14.0. The summed E-state index contributed by atoms with van der Waals surface area (Å²) in [6.07, 6.45) is 2.01. The van der Waals surface area contributed by atoms with Gasteiger partial charge in [-0.1, -0.05) is 0 Å². The predicted molar refractivity (Wildman–Crippen MR) is 74.0 cm³/mol. The summed E-state index contributed by atoms with van der Waals surface area (Å²) >= 11 is 0. The maximum atomic E-state index is 12.0. The van der Waals surface area contributed by atoms with Crippen LogP contribution < -0.4 is 5.32 Å². The predicted octanol–water partition coefficient (Wildman–Crippen LogP) is 1.92. The molecule has 0 aliphatic heterocycles. The van der Waals surface area contributed by atoms with Crippen LogP contribution >= 0.6 is 0 Å². The van der Waals surface area contributed by atoms with Crippen molar-refractivity contribution in [3.8, 4) is 0 Å². The first kappa shape index (κ1) is 13.3. The monoisotopic (exact) mass is 258 g/mol. The quantitative estimate of drug-likeness (QED) is 0.915. The van der Waals surface area contributed by atoms with Gasteiger partial charge in [-0.3, -0.25) is 9.48 Å². The van der Waals surface area contributed by atoms with Crippen LogP contribution in [0.25, 0.3) is 0 Å². The van der Waals surface area contributed by atoms with Gasteiger partial charge < -0.3 is 5.32 Å². The summed E-state index contributed by atoms with van der Waals surface area (Å²) < 4.78 is 1.79. The Morgan fingerprint density at radius 3 is 2.68 bits per heavy atom. The van der Waals surface area contributed by atoms with E-state index in [1.807, 2.05) is 40.0 Å². The van der Waals surface area contributed by atoms with Crippen LogP contribution in [0, 0.1) is 20.8 Å². The third-order valence-corrected chi connectivity index (χ3v) is 3.18. The number of hydrogen-bond donors (Lipinski definition) is 1. The molecule has 0 aromatic carbocycles. The zero-order valence-electron chi connectivity index (χ0n) is 11.7. The highest BCUT2D eigenvalue weighted by molar-refractivity contribution is 5.91. The van der Waals surface area contributed by atoms with Crippen molar-refractivity contribution in [2.24, 2.45) is 7.05 Å². The van der Waals surface area contributed by atoms with Gasteiger partial charge in [-0.25, -0.2) is 4.98 Å². The average molecular weight is 258 g/mol. The number of pyridine rings is 1. The summed E-state index contributed by atoms with van der Waals surface area (Å²) in [6, 6.07) is 3.74. The highest BCUT2D eigenvalue weighted by Crippen LogP contribution is 2.13. The number of nitrogens with zero attached hydrogens (tertiary/aromatic N) is 3. The Bertz CT molecular complexity index is 616. The van der Waals surface area contributed by atoms with Gasteiger partial charge in [0.1, 0.15) is 5.82 Å². The maximum absolute atomic E-state index is 12.0. The van der Waals surface area contributed by atoms with Gasteiger partial charge in [0, 0.05) is 24.5 Å². The van der Waals surface area contributed by atoms with Crippen molar-refractivity contribution in [2.75, 3.05) is 5.32 Å². The van der Waals surface area contributed by atoms with Crippen molar-refractivity contribution >= 4 is 11.7 Å². The summed E-state index contributed by atoms with van der Waals surface area (Å²) in [5.74, 6) is 0.515. The van der Waals surface area contributed by atoms with Gasteiger partial charge in [-0.05, 0) is 38.5 Å². The van der Waals surface area contributed by atoms with E-state index in [1.54, 1.807) is 10.9 Å². The molecule has 2 aromatic rings. The van der Waals surface area contributed by atoms with Crippen LogP contribution in [-0.4, -0.2) is 20.7 Å². The fourth-order valence-corrected chi connectivity index (χ4v) is 2.03. The lowest BCUT2D eigenvalue weighted by Crippen LogP contribution is -2.16. The molecule has 0 saturated heterocycles. The fraction of sp³-hybridized carbons (Fsp3) is 0.357. The van der Waals surface area contributed by atoms with E-state index in [0.29, 0.717) is 12.2 Å². The lowest BCUT2D eigenvalue weighted by Gasteiger charge is -2.05. The number of carbonyl (C=O) groups is 1. The first-order valence-electron chi connectivity index (χ1n) is 6.19. The summed E-state index contributed by atoms with van der Waals surface area (Å²) in [5.41, 5.74) is 3.96. The van der Waals surface area contributed by atoms with Crippen LogP contribution in [0.1, 0.15) is 22.5 Å². The first-order valence-corrected chi connectivity index (χ1v) is 6.19. The molecule has 0 radical (unpaired) electrons. The molecule has 0 bridgehead atoms. The largest absolute Gasteiger partial charge is 0.310 e. The second kappa shape index (κ2) is 5.22. The van der Waals surface area contributed by atoms with Crippen molar-refractivity contribution in [3.63, 3.8) is 0 Å². The van der Waals surface area contributed by atoms with E-state index in [2.05, 4.69) is 15.4 Å². The van der Waals surface area contributed by atoms with Crippen molar-refractivity contribution < 1.29 is 4.79 Å². The lowest BCUT2D eigenvalue weighted by atomic mass is 10.1. The van der Waals surface area contributed by atoms with Gasteiger partial charge in [-0.15, -0.1) is 0 Å². The second-order valence-corrected chi connectivity index (χ2v) is 4.72. The van der Waals surface area contributed by atoms with E-state index in [0.717, 1.165) is 22.5 Å². The Morgan fingerprint density at radius 2 is 2.11 bits per heavy atom. The molecule has 2 aromatic heterocycles. The molecule has 1 N–H and O–H groups in total. The Morgan fingerprint density at radius 1 is 1.37 bits per heavy atom. The van der Waals surface area contributed by atoms with Crippen LogP contribution in [0.4, 0.5) is 5.82 Å². The molecule has 100 valence electrons. The van der Waals surface area contributed by atoms with Gasteiger partial charge in [0.15, 0.2) is 0 Å². The molecule has 0 atom stereocenters. The molecule has 0 saturated carbocycles. The molecule has 19 heavy (non-hydrogen) atoms. The third-order valence-electron chi connectivity index (χ3n) is 3.18. The number of nitrogens with one attached hydrogen (secondary N) is 1. The molecular formula is C14H18N4O. The summed E-state index contributed by atoms with van der Waals surface area (Å²) in [5, 5.41) is 7.11. The van der Waals surface area contributed by atoms with Gasteiger partial charge in [0.2, 0.25) is 5.91 Å². The molecule has 1 amide bonds. The number of aromatic nitrogens is 3. The van der Waals surface area contributed by atoms with E-state index in [1.165, 1.54) is 0 Å². The topological polar surface area (TPSA) is 59.8 Å². The second-order valence-electron chi connectivity index (χ2n) is 4.72. The molecule has 2 rings (SSSR count). The zero-order valence-corrected chi connectivity index (χ0v) is 11.7. The molecule has 0 spiro atoms. The van der Waals surface area contributed by atoms with E-state index < -0.39 is 0 Å². The average Bonchev–Trinajstić information content (AvgIpc) is 2.56. The Kier molecular flexibility index (Phi) is 3.64. The van der Waals surface area contributed by atoms with E-state index >= 15 is 0 Å². The molecule has 5 nitrogen and oxygen atoms in total. The van der Waals surface area contributed by atoms with Crippen molar-refractivity contribution in [1.82, 2.24) is 14.8 Å². The smallest absolute Gasteiger partial charge is 0.230 e. The number of rotatable bonds is 3. The SMILES string of the molecule is Cc1ccnc(NC(=O)Cc2c(C)nn(C)c2C)c1. The number of amides is 1. The third kappa shape index (κ3) is 2.99. The minimum absolute atomic E-state index is 0.0719. The van der Waals surface area contributed by atoms with Crippen LogP contribution in [0.15, 0.2) is 18.3 Å². The molecular weight excluding hydrogens is 240 g/mol. The number of aryl methyl sites for hydroxylation is 3. The number of anilines is 1. The number of hydrogen-bond acceptors (Lipinski definition) is 3. The minimum atomic E-state index is -0.0719. The van der Waals surface area contributed by atoms with Crippen molar-refractivity contribution in [1.29, 1.82) is 0 Å². The molecule has 2 heterocycles. The minimum Gasteiger partial charge on any atom is -0.310 e. The summed E-state index contributed by atoms with van der Waals surface area (Å²) in [6.45, 7) is 5.85. The normalized spacial score (nSPS) is 10.5. The van der Waals surface area contributed by atoms with Crippen LogP contribution in [-0.2, 0) is 18.3 Å². The van der Waals surface area contributed by atoms with Crippen molar-refractivity contribution in [2.45, 2.75) is 27.2 Å². The van der Waals surface area contributed by atoms with Crippen molar-refractivity contribution in [3.05, 3.63) is 40.8 Å². The van der Waals surface area contributed by atoms with Crippen LogP contribution in [0.5, 0.6) is 0 Å². The van der Waals surface area contributed by atoms with Gasteiger partial charge in [0.25, 0.3) is 0 Å². The fourth-order valence-electron chi connectivity index (χ4n) is 2.03. The first-order chi connectivity index (χ1) is 8.97. The molecule has 0 fully saturated rings. The van der Waals surface area contributed by atoms with Crippen LogP contribution in [0.3, 0.4) is 0 Å². The maximum Gasteiger partial charge on any atom is 0.230 e. The molecule has 0 unspecified atom stereocenters. The van der Waals surface area contributed by atoms with E-state index in [-0.39, 0.29) is 5.91 Å².